The second-order valence-corrected chi connectivity index (χ2v) is 12.6. The molecule has 4 aromatic carbocycles. The Kier molecular flexibility index (Phi) is 8.90. The van der Waals surface area contributed by atoms with Crippen LogP contribution in [0.1, 0.15) is 33.9 Å². The van der Waals surface area contributed by atoms with E-state index >= 15 is 0 Å². The lowest BCUT2D eigenvalue weighted by Gasteiger charge is -2.22. The van der Waals surface area contributed by atoms with E-state index in [1.807, 2.05) is 61.5 Å². The van der Waals surface area contributed by atoms with Crippen LogP contribution in [0, 0.1) is 17.0 Å². The average molecular weight is 651 g/mol. The van der Waals surface area contributed by atoms with Gasteiger partial charge in [0.2, 0.25) is 5.13 Å². The van der Waals surface area contributed by atoms with E-state index in [1.54, 1.807) is 24.3 Å². The molecule has 1 saturated heterocycles. The van der Waals surface area contributed by atoms with E-state index in [9.17, 15) is 24.8 Å². The molecule has 1 atom stereocenters. The van der Waals surface area contributed by atoms with E-state index in [2.05, 4.69) is 10.2 Å². The number of nitrogens with zero attached hydrogens (tertiary/aromatic N) is 4. The predicted molar refractivity (Wildman–Crippen MR) is 176 cm³/mol. The Morgan fingerprint density at radius 3 is 2.37 bits per heavy atom. The zero-order chi connectivity index (χ0) is 32.2. The summed E-state index contributed by atoms with van der Waals surface area (Å²) in [5.74, 6) is -1.00. The molecule has 0 spiro atoms. The van der Waals surface area contributed by atoms with Crippen LogP contribution in [0.2, 0.25) is 0 Å². The number of aliphatic hydroxyl groups is 1. The lowest BCUT2D eigenvalue weighted by Crippen LogP contribution is -2.29. The van der Waals surface area contributed by atoms with Gasteiger partial charge in [0.15, 0.2) is 4.34 Å². The minimum atomic E-state index is -1.10. The fourth-order valence-electron chi connectivity index (χ4n) is 5.03. The highest BCUT2D eigenvalue weighted by Crippen LogP contribution is 2.44. The summed E-state index contributed by atoms with van der Waals surface area (Å²) in [5.41, 5.74) is 3.58. The smallest absolute Gasteiger partial charge is 0.301 e. The molecule has 0 radical (unpaired) electrons. The maximum Gasteiger partial charge on any atom is 0.301 e. The van der Waals surface area contributed by atoms with Gasteiger partial charge < -0.3 is 9.84 Å². The highest BCUT2D eigenvalue weighted by atomic mass is 32.2. The van der Waals surface area contributed by atoms with Crippen molar-refractivity contribution < 1.29 is 24.4 Å². The van der Waals surface area contributed by atoms with E-state index in [1.165, 1.54) is 40.9 Å². The number of ketones is 1. The molecule has 6 rings (SSSR count). The van der Waals surface area contributed by atoms with Gasteiger partial charge in [-0.3, -0.25) is 24.6 Å². The summed E-state index contributed by atoms with van der Waals surface area (Å²) in [5, 5.41) is 31.4. The minimum absolute atomic E-state index is 0.155. The number of non-ortho nitro benzene ring substituents is 1. The number of aromatic nitrogens is 2. The number of carbonyl (C=O) groups is 2. The molecule has 2 heterocycles. The van der Waals surface area contributed by atoms with Crippen molar-refractivity contribution >= 4 is 51.4 Å². The first kappa shape index (κ1) is 30.7. The molecule has 10 nitrogen and oxygen atoms in total. The number of hydrogen-bond acceptors (Lipinski definition) is 10. The van der Waals surface area contributed by atoms with Crippen molar-refractivity contribution in [2.45, 2.75) is 29.7 Å². The molecule has 1 unspecified atom stereocenters. The summed E-state index contributed by atoms with van der Waals surface area (Å²) in [6.07, 6.45) is 0. The number of rotatable bonds is 10. The van der Waals surface area contributed by atoms with E-state index < -0.39 is 28.4 Å². The Morgan fingerprint density at radius 1 is 0.957 bits per heavy atom. The van der Waals surface area contributed by atoms with E-state index in [4.69, 9.17) is 4.74 Å². The number of nitro groups is 1. The van der Waals surface area contributed by atoms with Gasteiger partial charge in [0.05, 0.1) is 16.5 Å². The van der Waals surface area contributed by atoms with E-state index in [0.717, 1.165) is 28.0 Å². The molecular weight excluding hydrogens is 625 g/mol. The van der Waals surface area contributed by atoms with Gasteiger partial charge in [-0.15, -0.1) is 10.2 Å². The Balaban J connectivity index is 1.32. The number of nitro benzene ring substituents is 1. The van der Waals surface area contributed by atoms with Crippen molar-refractivity contribution in [1.29, 1.82) is 0 Å². The van der Waals surface area contributed by atoms with Gasteiger partial charge in [-0.1, -0.05) is 83.3 Å². The quantitative estimate of drug-likeness (QED) is 0.0315. The Bertz CT molecular complexity index is 1940. The number of carbonyl (C=O) groups excluding carboxylic acids is 2. The van der Waals surface area contributed by atoms with Gasteiger partial charge in [-0.25, -0.2) is 0 Å². The van der Waals surface area contributed by atoms with E-state index in [0.29, 0.717) is 33.6 Å². The highest BCUT2D eigenvalue weighted by molar-refractivity contribution is 8.00. The second-order valence-electron chi connectivity index (χ2n) is 10.4. The molecule has 0 bridgehead atoms. The Morgan fingerprint density at radius 2 is 1.67 bits per heavy atom. The zero-order valence-electron chi connectivity index (χ0n) is 24.4. The second kappa shape index (κ2) is 13.3. The number of ether oxygens (including phenoxy) is 1. The number of anilines is 1. The van der Waals surface area contributed by atoms with Gasteiger partial charge in [-0.2, -0.15) is 0 Å². The summed E-state index contributed by atoms with van der Waals surface area (Å²) < 4.78 is 6.48. The first-order chi connectivity index (χ1) is 22.3. The molecule has 1 fully saturated rings. The first-order valence-corrected chi connectivity index (χ1v) is 15.9. The number of hydrogen-bond donors (Lipinski definition) is 1. The third-order valence-corrected chi connectivity index (χ3v) is 9.41. The zero-order valence-corrected chi connectivity index (χ0v) is 26.0. The number of aryl methyl sites for hydroxylation is 1. The topological polar surface area (TPSA) is 136 Å². The van der Waals surface area contributed by atoms with Gasteiger partial charge in [0, 0.05) is 23.4 Å². The maximum absolute atomic E-state index is 13.5. The Hall–Kier alpha value is -5.33. The fraction of sp³-hybridized carbons (Fsp3) is 0.118. The number of aliphatic hydroxyl groups excluding tert-OH is 1. The molecule has 1 aliphatic heterocycles. The van der Waals surface area contributed by atoms with E-state index in [-0.39, 0.29) is 16.4 Å². The number of amides is 1. The van der Waals surface area contributed by atoms with Crippen LogP contribution >= 0.6 is 23.1 Å². The molecule has 1 N–H and O–H groups in total. The fourth-order valence-corrected chi connectivity index (χ4v) is 6.86. The van der Waals surface area contributed by atoms with Crippen molar-refractivity contribution in [2.24, 2.45) is 0 Å². The molecule has 230 valence electrons. The van der Waals surface area contributed by atoms with Gasteiger partial charge in [0.1, 0.15) is 18.1 Å². The number of Topliss-reactive ketones (excluding diaryl/α,β-unsaturated/α-hetero) is 1. The van der Waals surface area contributed by atoms with Gasteiger partial charge >= 0.3 is 5.91 Å². The third kappa shape index (κ3) is 6.53. The molecule has 5 aromatic rings. The van der Waals surface area contributed by atoms with Crippen molar-refractivity contribution in [2.75, 3.05) is 4.90 Å². The van der Waals surface area contributed by atoms with Crippen LogP contribution in [0.3, 0.4) is 0 Å². The molecule has 46 heavy (non-hydrogen) atoms. The minimum Gasteiger partial charge on any atom is -0.507 e. The molecule has 12 heteroatoms. The van der Waals surface area contributed by atoms with Crippen LogP contribution in [-0.2, 0) is 21.9 Å². The van der Waals surface area contributed by atoms with Crippen LogP contribution < -0.4 is 9.64 Å². The average Bonchev–Trinajstić information content (AvgIpc) is 3.65. The standard InChI is InChI=1S/C34H26N4O6S2/c1-21-6-5-9-23(18-21)19-44-27-16-12-25(13-17-27)30(39)28-29(24-10-14-26(15-11-24)38(42)43)37(32(41)31(28)40)33-35-36-34(46-33)45-20-22-7-3-2-4-8-22/h2-18,29,39H,19-20H2,1H3/b30-28+. The summed E-state index contributed by atoms with van der Waals surface area (Å²) in [7, 11) is 0. The van der Waals surface area contributed by atoms with Crippen molar-refractivity contribution in [3.8, 4) is 5.75 Å². The molecule has 1 aliphatic rings. The Labute approximate surface area is 272 Å². The summed E-state index contributed by atoms with van der Waals surface area (Å²) in [4.78, 5) is 39.1. The van der Waals surface area contributed by atoms with Crippen LogP contribution in [0.15, 0.2) is 113 Å². The summed E-state index contributed by atoms with van der Waals surface area (Å²) in [6, 6.07) is 28.7. The van der Waals surface area contributed by atoms with Crippen LogP contribution in [0.5, 0.6) is 5.75 Å². The SMILES string of the molecule is Cc1cccc(COc2ccc(/C(O)=C3\C(=O)C(=O)N(c4nnc(SCc5ccccc5)s4)C3c3ccc([N+](=O)[O-])cc3)cc2)c1. The monoisotopic (exact) mass is 650 g/mol. The number of benzene rings is 4. The highest BCUT2D eigenvalue weighted by Gasteiger charge is 2.48. The summed E-state index contributed by atoms with van der Waals surface area (Å²) >= 11 is 2.58. The molecule has 1 aromatic heterocycles. The molecule has 1 amide bonds. The van der Waals surface area contributed by atoms with Gasteiger partial charge in [0.25, 0.3) is 11.5 Å². The molecular formula is C34H26N4O6S2. The molecule has 0 aliphatic carbocycles. The maximum atomic E-state index is 13.5. The number of thioether (sulfide) groups is 1. The van der Waals surface area contributed by atoms with Crippen molar-refractivity contribution in [3.63, 3.8) is 0 Å². The van der Waals surface area contributed by atoms with Crippen molar-refractivity contribution in [1.82, 2.24) is 10.2 Å². The van der Waals surface area contributed by atoms with Gasteiger partial charge in [-0.05, 0) is 60.0 Å². The molecule has 0 saturated carbocycles. The van der Waals surface area contributed by atoms with Crippen LogP contribution in [-0.4, -0.2) is 31.9 Å². The summed E-state index contributed by atoms with van der Waals surface area (Å²) in [6.45, 7) is 2.36. The van der Waals surface area contributed by atoms with Crippen molar-refractivity contribution in [3.05, 3.63) is 147 Å². The predicted octanol–water partition coefficient (Wildman–Crippen LogP) is 7.25. The lowest BCUT2D eigenvalue weighted by atomic mass is 9.95. The largest absolute Gasteiger partial charge is 0.507 e. The van der Waals surface area contributed by atoms with Crippen LogP contribution in [0.4, 0.5) is 10.8 Å². The lowest BCUT2D eigenvalue weighted by molar-refractivity contribution is -0.384. The first-order valence-electron chi connectivity index (χ1n) is 14.1. The third-order valence-electron chi connectivity index (χ3n) is 7.29. The van der Waals surface area contributed by atoms with Crippen LogP contribution in [0.25, 0.3) is 5.76 Å². The normalized spacial score (nSPS) is 15.7.